The second-order valence-corrected chi connectivity index (χ2v) is 10.1. The van der Waals surface area contributed by atoms with E-state index in [1.807, 2.05) is 12.1 Å². The molecule has 0 spiro atoms. The van der Waals surface area contributed by atoms with Crippen LogP contribution >= 0.6 is 23.2 Å². The molecule has 4 nitrogen and oxygen atoms in total. The van der Waals surface area contributed by atoms with E-state index < -0.39 is 0 Å². The third kappa shape index (κ3) is 4.63. The predicted molar refractivity (Wildman–Crippen MR) is 126 cm³/mol. The number of carbonyl (C=O) groups is 1. The Kier molecular flexibility index (Phi) is 6.25. The van der Waals surface area contributed by atoms with E-state index in [1.165, 1.54) is 16.7 Å². The van der Waals surface area contributed by atoms with Crippen LogP contribution in [0.4, 0.5) is 0 Å². The first-order chi connectivity index (χ1) is 15.1. The molecule has 2 aromatic rings. The molecule has 5 rings (SSSR count). The molecule has 0 saturated carbocycles. The lowest BCUT2D eigenvalue weighted by Gasteiger charge is -2.32. The third-order valence-corrected chi connectivity index (χ3v) is 7.50. The van der Waals surface area contributed by atoms with Gasteiger partial charge in [-0.15, -0.1) is 0 Å². The fraction of sp³-hybridized carbons (Fsp3) is 0.480. The normalized spacial score (nSPS) is 22.7. The largest absolute Gasteiger partial charge is 0.330 e. The van der Waals surface area contributed by atoms with Gasteiger partial charge >= 0.3 is 0 Å². The van der Waals surface area contributed by atoms with Gasteiger partial charge in [-0.25, -0.2) is 0 Å². The van der Waals surface area contributed by atoms with E-state index >= 15 is 0 Å². The van der Waals surface area contributed by atoms with Crippen LogP contribution in [0.25, 0.3) is 0 Å². The first-order valence-electron chi connectivity index (χ1n) is 11.4. The summed E-state index contributed by atoms with van der Waals surface area (Å²) in [7, 11) is 0. The van der Waals surface area contributed by atoms with Crippen LogP contribution in [-0.2, 0) is 13.1 Å². The molecule has 0 bridgehead atoms. The number of nitrogens with one attached hydrogen (secondary N) is 1. The topological polar surface area (TPSA) is 35.6 Å². The molecule has 6 heteroatoms. The number of rotatable bonds is 4. The number of benzene rings is 2. The van der Waals surface area contributed by atoms with Gasteiger partial charge in [-0.3, -0.25) is 9.69 Å². The summed E-state index contributed by atoms with van der Waals surface area (Å²) in [5.41, 5.74) is 4.68. The fourth-order valence-corrected chi connectivity index (χ4v) is 5.97. The number of hydrogen-bond donors (Lipinski definition) is 1. The molecule has 3 heterocycles. The van der Waals surface area contributed by atoms with E-state index in [9.17, 15) is 4.79 Å². The van der Waals surface area contributed by atoms with Crippen molar-refractivity contribution in [2.24, 2.45) is 0 Å². The Morgan fingerprint density at radius 3 is 2.48 bits per heavy atom. The quantitative estimate of drug-likeness (QED) is 0.694. The number of carbonyl (C=O) groups excluding carboxylic acids is 1. The number of amides is 1. The Bertz CT molecular complexity index is 945. The lowest BCUT2D eigenvalue weighted by atomic mass is 9.87. The zero-order valence-corrected chi connectivity index (χ0v) is 19.3. The summed E-state index contributed by atoms with van der Waals surface area (Å²) < 4.78 is 0. The third-order valence-electron chi connectivity index (χ3n) is 7.06. The van der Waals surface area contributed by atoms with Gasteiger partial charge in [0.15, 0.2) is 0 Å². The van der Waals surface area contributed by atoms with Crippen molar-refractivity contribution < 1.29 is 4.79 Å². The first kappa shape index (κ1) is 21.3. The number of halogens is 2. The molecule has 1 unspecified atom stereocenters. The molecule has 2 saturated heterocycles. The molecule has 1 amide bonds. The molecule has 2 fully saturated rings. The van der Waals surface area contributed by atoms with Crippen molar-refractivity contribution in [1.82, 2.24) is 15.1 Å². The fourth-order valence-electron chi connectivity index (χ4n) is 5.40. The van der Waals surface area contributed by atoms with Crippen molar-refractivity contribution in [3.05, 3.63) is 68.7 Å². The molecule has 1 atom stereocenters. The second-order valence-electron chi connectivity index (χ2n) is 9.18. The SMILES string of the molecule is O=C1c2ccc(C3CCN(Cc4cc(Cl)cc(Cl)c4)CC3)cc2CN1C1CCCNC1. The van der Waals surface area contributed by atoms with Gasteiger partial charge < -0.3 is 10.2 Å². The molecule has 0 radical (unpaired) electrons. The molecule has 3 aliphatic heterocycles. The summed E-state index contributed by atoms with van der Waals surface area (Å²) in [5, 5.41) is 4.83. The summed E-state index contributed by atoms with van der Waals surface area (Å²) in [6.45, 7) is 5.76. The van der Waals surface area contributed by atoms with Crippen molar-refractivity contribution in [1.29, 1.82) is 0 Å². The van der Waals surface area contributed by atoms with Crippen LogP contribution in [0.1, 0.15) is 58.6 Å². The summed E-state index contributed by atoms with van der Waals surface area (Å²) in [4.78, 5) is 17.5. The Balaban J connectivity index is 1.21. The van der Waals surface area contributed by atoms with Gasteiger partial charge in [-0.1, -0.05) is 35.3 Å². The van der Waals surface area contributed by atoms with E-state index in [4.69, 9.17) is 23.2 Å². The monoisotopic (exact) mass is 457 g/mol. The van der Waals surface area contributed by atoms with Crippen LogP contribution < -0.4 is 5.32 Å². The van der Waals surface area contributed by atoms with Crippen molar-refractivity contribution in [3.63, 3.8) is 0 Å². The second kappa shape index (κ2) is 9.11. The maximum Gasteiger partial charge on any atom is 0.254 e. The summed E-state index contributed by atoms with van der Waals surface area (Å²) >= 11 is 12.3. The Morgan fingerprint density at radius 1 is 1.00 bits per heavy atom. The van der Waals surface area contributed by atoms with Crippen LogP contribution in [0.5, 0.6) is 0 Å². The van der Waals surface area contributed by atoms with Crippen LogP contribution in [0.15, 0.2) is 36.4 Å². The first-order valence-corrected chi connectivity index (χ1v) is 12.1. The molecule has 0 aliphatic carbocycles. The van der Waals surface area contributed by atoms with Crippen LogP contribution in [-0.4, -0.2) is 47.9 Å². The molecule has 0 aromatic heterocycles. The Labute approximate surface area is 194 Å². The van der Waals surface area contributed by atoms with E-state index in [-0.39, 0.29) is 5.91 Å². The van der Waals surface area contributed by atoms with Gasteiger partial charge in [0.25, 0.3) is 5.91 Å². The number of nitrogens with zero attached hydrogens (tertiary/aromatic N) is 2. The van der Waals surface area contributed by atoms with E-state index in [2.05, 4.69) is 33.3 Å². The van der Waals surface area contributed by atoms with Gasteiger partial charge in [-0.05, 0) is 92.2 Å². The molecule has 3 aliphatic rings. The molecular weight excluding hydrogens is 429 g/mol. The van der Waals surface area contributed by atoms with Gasteiger partial charge in [0, 0.05) is 41.3 Å². The van der Waals surface area contributed by atoms with Gasteiger partial charge in [0.1, 0.15) is 0 Å². The van der Waals surface area contributed by atoms with Gasteiger partial charge in [0.05, 0.1) is 0 Å². The van der Waals surface area contributed by atoms with Crippen molar-refractivity contribution in [3.8, 4) is 0 Å². The Morgan fingerprint density at radius 2 is 1.77 bits per heavy atom. The predicted octanol–water partition coefficient (Wildman–Crippen LogP) is 5.08. The van der Waals surface area contributed by atoms with Crippen molar-refractivity contribution >= 4 is 29.1 Å². The van der Waals surface area contributed by atoms with Crippen molar-refractivity contribution in [2.45, 2.75) is 50.7 Å². The molecular formula is C25H29Cl2N3O. The summed E-state index contributed by atoms with van der Waals surface area (Å²) in [6, 6.07) is 12.7. The number of fused-ring (bicyclic) bond motifs is 1. The van der Waals surface area contributed by atoms with Crippen LogP contribution in [0.2, 0.25) is 10.0 Å². The van der Waals surface area contributed by atoms with E-state index in [1.54, 1.807) is 6.07 Å². The van der Waals surface area contributed by atoms with E-state index in [0.29, 0.717) is 22.0 Å². The minimum absolute atomic E-state index is 0.213. The highest BCUT2D eigenvalue weighted by Gasteiger charge is 2.34. The van der Waals surface area contributed by atoms with E-state index in [0.717, 1.165) is 70.5 Å². The van der Waals surface area contributed by atoms with Gasteiger partial charge in [-0.2, -0.15) is 0 Å². The minimum Gasteiger partial charge on any atom is -0.330 e. The number of likely N-dealkylation sites (tertiary alicyclic amines) is 1. The highest BCUT2D eigenvalue weighted by Crippen LogP contribution is 2.34. The maximum absolute atomic E-state index is 12.9. The maximum atomic E-state index is 12.9. The summed E-state index contributed by atoms with van der Waals surface area (Å²) in [5.74, 6) is 0.773. The highest BCUT2D eigenvalue weighted by atomic mass is 35.5. The molecule has 2 aromatic carbocycles. The number of piperidine rings is 2. The van der Waals surface area contributed by atoms with Crippen molar-refractivity contribution in [2.75, 3.05) is 26.2 Å². The molecule has 164 valence electrons. The minimum atomic E-state index is 0.213. The summed E-state index contributed by atoms with van der Waals surface area (Å²) in [6.07, 6.45) is 4.53. The average Bonchev–Trinajstić information content (AvgIpc) is 3.10. The van der Waals surface area contributed by atoms with Crippen LogP contribution in [0, 0.1) is 0 Å². The highest BCUT2D eigenvalue weighted by molar-refractivity contribution is 6.34. The zero-order valence-electron chi connectivity index (χ0n) is 17.7. The lowest BCUT2D eigenvalue weighted by molar-refractivity contribution is 0.0674. The average molecular weight is 458 g/mol. The molecule has 31 heavy (non-hydrogen) atoms. The smallest absolute Gasteiger partial charge is 0.254 e. The lowest BCUT2D eigenvalue weighted by Crippen LogP contribution is -2.46. The van der Waals surface area contributed by atoms with Gasteiger partial charge in [0.2, 0.25) is 0 Å². The van der Waals surface area contributed by atoms with Crippen LogP contribution in [0.3, 0.4) is 0 Å². The molecule has 1 N–H and O–H groups in total. The standard InChI is InChI=1S/C25H29Cl2N3O/c26-21-10-17(11-22(27)13-21)15-29-8-5-18(6-9-29)19-3-4-24-20(12-19)16-30(25(24)31)23-2-1-7-28-14-23/h3-4,10-13,18,23,28H,1-2,5-9,14-16H2. The Hall–Kier alpha value is -1.59. The number of hydrogen-bond acceptors (Lipinski definition) is 3. The zero-order chi connectivity index (χ0) is 21.4.